The van der Waals surface area contributed by atoms with Gasteiger partial charge in [0.25, 0.3) is 0 Å². The van der Waals surface area contributed by atoms with Crippen molar-refractivity contribution in [3.05, 3.63) is 0 Å². The molecule has 2 saturated carbocycles. The Bertz CT molecular complexity index is 400. The van der Waals surface area contributed by atoms with Gasteiger partial charge in [-0.05, 0) is 37.0 Å². The molecule has 2 rings (SSSR count). The van der Waals surface area contributed by atoms with Gasteiger partial charge in [0.05, 0.1) is 6.04 Å². The minimum atomic E-state index is -0.320. The highest BCUT2D eigenvalue weighted by atomic mass is 16.4. The first-order chi connectivity index (χ1) is 9.95. The van der Waals surface area contributed by atoms with Gasteiger partial charge in [0.1, 0.15) is 0 Å². The van der Waals surface area contributed by atoms with E-state index in [1.54, 1.807) is 0 Å². The van der Waals surface area contributed by atoms with Crippen LogP contribution in [0.5, 0.6) is 0 Å². The second-order valence-corrected chi connectivity index (χ2v) is 7.34. The van der Waals surface area contributed by atoms with E-state index in [4.69, 9.17) is 10.9 Å². The summed E-state index contributed by atoms with van der Waals surface area (Å²) in [4.78, 5) is 12.6. The Morgan fingerprint density at radius 1 is 1.24 bits per heavy atom. The molecule has 0 aliphatic heterocycles. The van der Waals surface area contributed by atoms with E-state index < -0.39 is 0 Å². The Kier molecular flexibility index (Phi) is 5.12. The maximum Gasteiger partial charge on any atom is 0.224 e. The van der Waals surface area contributed by atoms with Crippen molar-refractivity contribution in [2.45, 2.75) is 71.3 Å². The first-order valence-corrected chi connectivity index (χ1v) is 8.23. The molecule has 2 aliphatic carbocycles. The predicted octanol–water partition coefficient (Wildman–Crippen LogP) is 2.62. The largest absolute Gasteiger partial charge is 0.409 e. The van der Waals surface area contributed by atoms with Crippen molar-refractivity contribution in [1.82, 2.24) is 5.32 Å². The maximum atomic E-state index is 12.6. The summed E-state index contributed by atoms with van der Waals surface area (Å²) in [5.41, 5.74) is 5.90. The van der Waals surface area contributed by atoms with Crippen LogP contribution >= 0.6 is 0 Å². The number of carbonyl (C=O) groups excluding carboxylic acids is 1. The van der Waals surface area contributed by atoms with Crippen molar-refractivity contribution >= 4 is 11.7 Å². The summed E-state index contributed by atoms with van der Waals surface area (Å²) in [6.45, 7) is 4.31. The van der Waals surface area contributed by atoms with Crippen molar-refractivity contribution in [3.8, 4) is 0 Å². The van der Waals surface area contributed by atoms with Crippen LogP contribution in [-0.2, 0) is 4.79 Å². The minimum absolute atomic E-state index is 0.0371. The molecule has 0 radical (unpaired) electrons. The predicted molar refractivity (Wildman–Crippen MR) is 83.0 cm³/mol. The number of amides is 1. The summed E-state index contributed by atoms with van der Waals surface area (Å²) in [5, 5.41) is 15.3. The zero-order valence-corrected chi connectivity index (χ0v) is 13.3. The topological polar surface area (TPSA) is 87.7 Å². The number of carbonyl (C=O) groups is 1. The minimum Gasteiger partial charge on any atom is -0.409 e. The zero-order chi connectivity index (χ0) is 15.5. The van der Waals surface area contributed by atoms with E-state index in [9.17, 15) is 4.79 Å². The van der Waals surface area contributed by atoms with Crippen LogP contribution < -0.4 is 11.1 Å². The first-order valence-electron chi connectivity index (χ1n) is 8.23. The standard InChI is InChI=1S/C16H29N3O2/c1-16(2)10-6-9-12(16)15(20)18-13(14(17)19-21)11-7-4-3-5-8-11/h11-13,21H,3-10H2,1-2H3,(H2,17,19)(H,18,20). The molecule has 2 fully saturated rings. The Labute approximate surface area is 127 Å². The van der Waals surface area contributed by atoms with Gasteiger partial charge in [0, 0.05) is 5.92 Å². The molecule has 2 atom stereocenters. The summed E-state index contributed by atoms with van der Waals surface area (Å²) < 4.78 is 0. The van der Waals surface area contributed by atoms with Crippen molar-refractivity contribution in [3.63, 3.8) is 0 Å². The van der Waals surface area contributed by atoms with Gasteiger partial charge in [0.15, 0.2) is 5.84 Å². The third-order valence-electron chi connectivity index (χ3n) is 5.43. The molecule has 0 saturated heterocycles. The Morgan fingerprint density at radius 3 is 2.43 bits per heavy atom. The number of hydrogen-bond acceptors (Lipinski definition) is 3. The van der Waals surface area contributed by atoms with E-state index in [1.807, 2.05) is 0 Å². The highest BCUT2D eigenvalue weighted by Crippen LogP contribution is 2.42. The Balaban J connectivity index is 2.06. The quantitative estimate of drug-likeness (QED) is 0.322. The highest BCUT2D eigenvalue weighted by Gasteiger charge is 2.41. The number of nitrogens with two attached hydrogens (primary N) is 1. The molecule has 1 amide bonds. The van der Waals surface area contributed by atoms with Crippen LogP contribution in [-0.4, -0.2) is 23.0 Å². The summed E-state index contributed by atoms with van der Waals surface area (Å²) in [7, 11) is 0. The summed E-state index contributed by atoms with van der Waals surface area (Å²) in [6, 6.07) is -0.320. The van der Waals surface area contributed by atoms with E-state index in [0.29, 0.717) is 5.92 Å². The molecule has 2 aliphatic rings. The molecule has 5 heteroatoms. The summed E-state index contributed by atoms with van der Waals surface area (Å²) in [6.07, 6.45) is 8.75. The molecule has 4 N–H and O–H groups in total. The van der Waals surface area contributed by atoms with Crippen molar-refractivity contribution in [2.75, 3.05) is 0 Å². The number of rotatable bonds is 4. The van der Waals surface area contributed by atoms with Crippen LogP contribution in [0, 0.1) is 17.3 Å². The normalized spacial score (nSPS) is 28.3. The molecule has 0 aromatic rings. The summed E-state index contributed by atoms with van der Waals surface area (Å²) >= 11 is 0. The third kappa shape index (κ3) is 3.69. The van der Waals surface area contributed by atoms with Gasteiger partial charge in [-0.25, -0.2) is 0 Å². The molecule has 2 unspecified atom stereocenters. The second kappa shape index (κ2) is 6.67. The molecule has 0 spiro atoms. The molecule has 0 bridgehead atoms. The Morgan fingerprint density at radius 2 is 1.90 bits per heavy atom. The van der Waals surface area contributed by atoms with Crippen molar-refractivity contribution in [1.29, 1.82) is 0 Å². The van der Waals surface area contributed by atoms with Crippen LogP contribution in [0.2, 0.25) is 0 Å². The number of amidine groups is 1. The van der Waals surface area contributed by atoms with Crippen LogP contribution in [0.4, 0.5) is 0 Å². The molecule has 0 aromatic carbocycles. The summed E-state index contributed by atoms with van der Waals surface area (Å²) in [5.74, 6) is 0.545. The lowest BCUT2D eigenvalue weighted by Crippen LogP contribution is -2.52. The lowest BCUT2D eigenvalue weighted by atomic mass is 9.80. The highest BCUT2D eigenvalue weighted by molar-refractivity contribution is 5.91. The van der Waals surface area contributed by atoms with E-state index in [0.717, 1.165) is 44.9 Å². The smallest absolute Gasteiger partial charge is 0.224 e. The average molecular weight is 295 g/mol. The SMILES string of the molecule is CC1(C)CCCC1C(=O)NC(C(N)=NO)C1CCCCC1. The van der Waals surface area contributed by atoms with Crippen molar-refractivity contribution < 1.29 is 10.0 Å². The third-order valence-corrected chi connectivity index (χ3v) is 5.43. The van der Waals surface area contributed by atoms with Gasteiger partial charge in [0.2, 0.25) is 5.91 Å². The molecule has 120 valence electrons. The molecular weight excluding hydrogens is 266 g/mol. The van der Waals surface area contributed by atoms with E-state index in [1.165, 1.54) is 6.42 Å². The number of nitrogens with zero attached hydrogens (tertiary/aromatic N) is 1. The monoisotopic (exact) mass is 295 g/mol. The molecular formula is C16H29N3O2. The number of oxime groups is 1. The van der Waals surface area contributed by atoms with Gasteiger partial charge >= 0.3 is 0 Å². The van der Waals surface area contributed by atoms with E-state index >= 15 is 0 Å². The lowest BCUT2D eigenvalue weighted by Gasteiger charge is -2.33. The van der Waals surface area contributed by atoms with Crippen LogP contribution in [0.3, 0.4) is 0 Å². The first kappa shape index (κ1) is 16.1. The fourth-order valence-electron chi connectivity index (χ4n) is 4.03. The molecule has 0 aromatic heterocycles. The molecule has 5 nitrogen and oxygen atoms in total. The van der Waals surface area contributed by atoms with Gasteiger partial charge in [-0.15, -0.1) is 0 Å². The van der Waals surface area contributed by atoms with Crippen LogP contribution in [0.1, 0.15) is 65.2 Å². The van der Waals surface area contributed by atoms with Crippen LogP contribution in [0.15, 0.2) is 5.16 Å². The fourth-order valence-corrected chi connectivity index (χ4v) is 4.03. The Hall–Kier alpha value is -1.26. The van der Waals surface area contributed by atoms with Gasteiger partial charge in [-0.1, -0.05) is 44.7 Å². The van der Waals surface area contributed by atoms with Crippen LogP contribution in [0.25, 0.3) is 0 Å². The van der Waals surface area contributed by atoms with E-state index in [2.05, 4.69) is 24.3 Å². The van der Waals surface area contributed by atoms with E-state index in [-0.39, 0.29) is 29.1 Å². The van der Waals surface area contributed by atoms with Crippen molar-refractivity contribution in [2.24, 2.45) is 28.1 Å². The number of hydrogen-bond donors (Lipinski definition) is 3. The van der Waals surface area contributed by atoms with Gasteiger partial charge < -0.3 is 16.3 Å². The maximum absolute atomic E-state index is 12.6. The van der Waals surface area contributed by atoms with Gasteiger partial charge in [-0.2, -0.15) is 0 Å². The number of nitrogens with one attached hydrogen (secondary N) is 1. The average Bonchev–Trinajstić information content (AvgIpc) is 2.84. The molecule has 0 heterocycles. The van der Waals surface area contributed by atoms with Gasteiger partial charge in [-0.3, -0.25) is 4.79 Å². The fraction of sp³-hybridized carbons (Fsp3) is 0.875. The lowest BCUT2D eigenvalue weighted by molar-refractivity contribution is -0.128. The second-order valence-electron chi connectivity index (χ2n) is 7.34. The zero-order valence-electron chi connectivity index (χ0n) is 13.3. The molecule has 21 heavy (non-hydrogen) atoms.